The highest BCUT2D eigenvalue weighted by Crippen LogP contribution is 2.23. The zero-order chi connectivity index (χ0) is 17.7. The maximum absolute atomic E-state index is 11.0. The molecule has 124 valence electrons. The Hall–Kier alpha value is -3.00. The standard InChI is InChI=1S/C16H16N4O3S/c1-10-7-8-15(21)12(9-10)11(2)18-19-16(24)17-13-5-3-4-6-14(13)20(22)23/h3-9,21H,1-2H3,(H2,17,19,24)/b18-11+. The van der Waals surface area contributed by atoms with Crippen LogP contribution in [-0.2, 0) is 0 Å². The fraction of sp³-hybridized carbons (Fsp3) is 0.125. The van der Waals surface area contributed by atoms with E-state index in [0.717, 1.165) is 5.56 Å². The molecule has 0 saturated carbocycles. The fourth-order valence-electron chi connectivity index (χ4n) is 2.02. The van der Waals surface area contributed by atoms with Gasteiger partial charge in [0.2, 0.25) is 0 Å². The Labute approximate surface area is 144 Å². The van der Waals surface area contributed by atoms with E-state index in [0.29, 0.717) is 11.3 Å². The second kappa shape index (κ2) is 7.51. The number of anilines is 1. The molecular weight excluding hydrogens is 328 g/mol. The van der Waals surface area contributed by atoms with Crippen molar-refractivity contribution in [1.29, 1.82) is 0 Å². The number of aromatic hydroxyl groups is 1. The molecule has 2 aromatic rings. The van der Waals surface area contributed by atoms with Gasteiger partial charge in [0.25, 0.3) is 5.69 Å². The zero-order valence-corrected chi connectivity index (χ0v) is 13.9. The van der Waals surface area contributed by atoms with E-state index >= 15 is 0 Å². The average molecular weight is 344 g/mol. The van der Waals surface area contributed by atoms with Gasteiger partial charge in [-0.1, -0.05) is 23.8 Å². The number of phenols is 1. The molecule has 0 spiro atoms. The van der Waals surface area contributed by atoms with Crippen molar-refractivity contribution < 1.29 is 10.0 Å². The van der Waals surface area contributed by atoms with Gasteiger partial charge < -0.3 is 10.4 Å². The number of rotatable bonds is 4. The SMILES string of the molecule is C/C(=N\NC(=S)Nc1ccccc1[N+](=O)[O-])c1cc(C)ccc1O. The van der Waals surface area contributed by atoms with Crippen LogP contribution in [-0.4, -0.2) is 20.9 Å². The second-order valence-electron chi connectivity index (χ2n) is 5.06. The van der Waals surface area contributed by atoms with E-state index in [-0.39, 0.29) is 22.2 Å². The Morgan fingerprint density at radius 2 is 2.00 bits per heavy atom. The summed E-state index contributed by atoms with van der Waals surface area (Å²) < 4.78 is 0. The first-order chi connectivity index (χ1) is 11.4. The molecule has 0 amide bonds. The monoisotopic (exact) mass is 344 g/mol. The van der Waals surface area contributed by atoms with Crippen LogP contribution in [0.2, 0.25) is 0 Å². The van der Waals surface area contributed by atoms with Crippen molar-refractivity contribution in [3.05, 3.63) is 63.7 Å². The highest BCUT2D eigenvalue weighted by Gasteiger charge is 2.13. The van der Waals surface area contributed by atoms with Gasteiger partial charge in [-0.3, -0.25) is 15.5 Å². The summed E-state index contributed by atoms with van der Waals surface area (Å²) in [6.45, 7) is 3.62. The number of hydrazone groups is 1. The number of aryl methyl sites for hydroxylation is 1. The number of hydrogen-bond acceptors (Lipinski definition) is 5. The molecule has 24 heavy (non-hydrogen) atoms. The number of thiocarbonyl (C=S) groups is 1. The summed E-state index contributed by atoms with van der Waals surface area (Å²) in [4.78, 5) is 10.5. The van der Waals surface area contributed by atoms with Crippen LogP contribution in [0.3, 0.4) is 0 Å². The summed E-state index contributed by atoms with van der Waals surface area (Å²) in [5.41, 5.74) is 4.90. The molecule has 0 saturated heterocycles. The van der Waals surface area contributed by atoms with Crippen molar-refractivity contribution in [1.82, 2.24) is 5.43 Å². The first-order valence-electron chi connectivity index (χ1n) is 7.03. The van der Waals surface area contributed by atoms with Gasteiger partial charge in [0.1, 0.15) is 11.4 Å². The lowest BCUT2D eigenvalue weighted by molar-refractivity contribution is -0.383. The highest BCUT2D eigenvalue weighted by atomic mass is 32.1. The van der Waals surface area contributed by atoms with E-state index in [1.54, 1.807) is 43.3 Å². The van der Waals surface area contributed by atoms with E-state index in [1.807, 2.05) is 6.92 Å². The van der Waals surface area contributed by atoms with Crippen molar-refractivity contribution in [3.63, 3.8) is 0 Å². The lowest BCUT2D eigenvalue weighted by atomic mass is 10.1. The van der Waals surface area contributed by atoms with Gasteiger partial charge in [-0.15, -0.1) is 0 Å². The molecule has 0 aliphatic carbocycles. The first kappa shape index (κ1) is 17.4. The minimum absolute atomic E-state index is 0.0846. The smallest absolute Gasteiger partial charge is 0.292 e. The van der Waals surface area contributed by atoms with Crippen LogP contribution in [0.4, 0.5) is 11.4 Å². The predicted molar refractivity (Wildman–Crippen MR) is 97.5 cm³/mol. The van der Waals surface area contributed by atoms with Gasteiger partial charge in [-0.2, -0.15) is 5.10 Å². The predicted octanol–water partition coefficient (Wildman–Crippen LogP) is 3.32. The number of hydrogen-bond donors (Lipinski definition) is 3. The molecule has 0 aromatic heterocycles. The van der Waals surface area contributed by atoms with Crippen LogP contribution < -0.4 is 10.7 Å². The van der Waals surface area contributed by atoms with Crippen LogP contribution in [0.25, 0.3) is 0 Å². The third-order valence-corrected chi connectivity index (χ3v) is 3.41. The lowest BCUT2D eigenvalue weighted by Crippen LogP contribution is -2.25. The minimum atomic E-state index is -0.496. The van der Waals surface area contributed by atoms with Crippen molar-refractivity contribution >= 4 is 34.4 Å². The average Bonchev–Trinajstić information content (AvgIpc) is 2.55. The maximum Gasteiger partial charge on any atom is 0.292 e. The van der Waals surface area contributed by atoms with E-state index in [2.05, 4.69) is 15.8 Å². The van der Waals surface area contributed by atoms with E-state index < -0.39 is 4.92 Å². The van der Waals surface area contributed by atoms with Crippen molar-refractivity contribution in [2.75, 3.05) is 5.32 Å². The molecule has 0 aliphatic rings. The lowest BCUT2D eigenvalue weighted by Gasteiger charge is -2.09. The van der Waals surface area contributed by atoms with Crippen molar-refractivity contribution in [2.24, 2.45) is 5.10 Å². The Morgan fingerprint density at radius 3 is 2.71 bits per heavy atom. The number of nitrogens with one attached hydrogen (secondary N) is 2. The number of benzene rings is 2. The van der Waals surface area contributed by atoms with Crippen LogP contribution in [0, 0.1) is 17.0 Å². The van der Waals surface area contributed by atoms with E-state index in [4.69, 9.17) is 12.2 Å². The molecule has 0 unspecified atom stereocenters. The van der Waals surface area contributed by atoms with E-state index in [9.17, 15) is 15.2 Å². The Balaban J connectivity index is 2.10. The summed E-state index contributed by atoms with van der Waals surface area (Å²) in [6, 6.07) is 11.3. The highest BCUT2D eigenvalue weighted by molar-refractivity contribution is 7.80. The topological polar surface area (TPSA) is 99.8 Å². The van der Waals surface area contributed by atoms with Crippen LogP contribution in [0.1, 0.15) is 18.1 Å². The number of phenolic OH excluding ortho intramolecular Hbond substituents is 1. The molecule has 2 rings (SSSR count). The quantitative estimate of drug-likeness (QED) is 0.340. The second-order valence-corrected chi connectivity index (χ2v) is 5.47. The number of nitro benzene ring substituents is 1. The summed E-state index contributed by atoms with van der Waals surface area (Å²) >= 11 is 5.09. The summed E-state index contributed by atoms with van der Waals surface area (Å²) in [5.74, 6) is 0.112. The molecule has 8 heteroatoms. The van der Waals surface area contributed by atoms with Gasteiger partial charge in [-0.05, 0) is 44.3 Å². The molecule has 7 nitrogen and oxygen atoms in total. The molecule has 0 atom stereocenters. The summed E-state index contributed by atoms with van der Waals surface area (Å²) in [6.07, 6.45) is 0. The van der Waals surface area contributed by atoms with Crippen LogP contribution >= 0.6 is 12.2 Å². The normalized spacial score (nSPS) is 11.0. The molecule has 0 radical (unpaired) electrons. The van der Waals surface area contributed by atoms with Gasteiger partial charge in [0.15, 0.2) is 5.11 Å². The van der Waals surface area contributed by atoms with Gasteiger partial charge >= 0.3 is 0 Å². The molecular formula is C16H16N4O3S. The minimum Gasteiger partial charge on any atom is -0.507 e. The Bertz CT molecular complexity index is 821. The molecule has 0 aliphatic heterocycles. The maximum atomic E-state index is 11.0. The number of para-hydroxylation sites is 2. The Kier molecular flexibility index (Phi) is 5.43. The van der Waals surface area contributed by atoms with Crippen LogP contribution in [0.15, 0.2) is 47.6 Å². The number of nitrogens with zero attached hydrogens (tertiary/aromatic N) is 2. The van der Waals surface area contributed by atoms with Crippen LogP contribution in [0.5, 0.6) is 5.75 Å². The van der Waals surface area contributed by atoms with Gasteiger partial charge in [0, 0.05) is 11.6 Å². The molecule has 2 aromatic carbocycles. The summed E-state index contributed by atoms with van der Waals surface area (Å²) in [7, 11) is 0. The van der Waals surface area contributed by atoms with E-state index in [1.165, 1.54) is 6.07 Å². The molecule has 3 N–H and O–H groups in total. The third-order valence-electron chi connectivity index (χ3n) is 3.22. The fourth-order valence-corrected chi connectivity index (χ4v) is 2.18. The number of nitro groups is 1. The summed E-state index contributed by atoms with van der Waals surface area (Å²) in [5, 5.41) is 27.8. The van der Waals surface area contributed by atoms with Crippen molar-refractivity contribution in [3.8, 4) is 5.75 Å². The largest absolute Gasteiger partial charge is 0.507 e. The zero-order valence-electron chi connectivity index (χ0n) is 13.1. The first-order valence-corrected chi connectivity index (χ1v) is 7.44. The molecule has 0 bridgehead atoms. The Morgan fingerprint density at radius 1 is 1.29 bits per heavy atom. The van der Waals surface area contributed by atoms with Gasteiger partial charge in [-0.25, -0.2) is 0 Å². The molecule has 0 heterocycles. The third kappa shape index (κ3) is 4.26. The van der Waals surface area contributed by atoms with Gasteiger partial charge in [0.05, 0.1) is 10.6 Å². The molecule has 0 fully saturated rings. The van der Waals surface area contributed by atoms with Crippen molar-refractivity contribution in [2.45, 2.75) is 13.8 Å².